The van der Waals surface area contributed by atoms with Crippen LogP contribution in [0.5, 0.6) is 0 Å². The van der Waals surface area contributed by atoms with E-state index in [0.717, 1.165) is 45.2 Å². The summed E-state index contributed by atoms with van der Waals surface area (Å²) in [5, 5.41) is 36.1. The van der Waals surface area contributed by atoms with Crippen LogP contribution in [-0.4, -0.2) is 111 Å². The minimum Gasteiger partial charge on any atom is -0.393 e. The number of piperidine rings is 1. The third kappa shape index (κ3) is 3.47. The molecule has 0 aromatic heterocycles. The molecule has 3 N–H and O–H groups in total. The standard InChI is InChI=1S/C26H47NO7/c1-7-12-27-15-24(16-32-4)10-9-19(33-5)25-11-8-17(14-31-3)18(28)13-23(2,29)26(30,22(25)27)21(34-6)20(24)25/h17-22,28-30H,7-16H2,1-6H3. The van der Waals surface area contributed by atoms with Crippen LogP contribution in [0.2, 0.25) is 0 Å². The van der Waals surface area contributed by atoms with Crippen molar-refractivity contribution in [1.82, 2.24) is 4.90 Å². The van der Waals surface area contributed by atoms with Crippen molar-refractivity contribution in [1.29, 1.82) is 0 Å². The molecule has 1 spiro atoms. The smallest absolute Gasteiger partial charge is 0.135 e. The van der Waals surface area contributed by atoms with E-state index in [4.69, 9.17) is 18.9 Å². The second kappa shape index (κ2) is 9.53. The monoisotopic (exact) mass is 485 g/mol. The summed E-state index contributed by atoms with van der Waals surface area (Å²) in [6.45, 7) is 6.43. The first-order chi connectivity index (χ1) is 16.1. The fourth-order valence-electron chi connectivity index (χ4n) is 9.14. The van der Waals surface area contributed by atoms with Crippen LogP contribution in [0.15, 0.2) is 0 Å². The van der Waals surface area contributed by atoms with Crippen molar-refractivity contribution >= 4 is 0 Å². The summed E-state index contributed by atoms with van der Waals surface area (Å²) in [4.78, 5) is 2.40. The lowest BCUT2D eigenvalue weighted by molar-refractivity contribution is -0.234. The average molecular weight is 486 g/mol. The number of hydrogen-bond donors (Lipinski definition) is 3. The minimum absolute atomic E-state index is 0.0448. The quantitative estimate of drug-likeness (QED) is 0.475. The summed E-state index contributed by atoms with van der Waals surface area (Å²) >= 11 is 0. The number of ether oxygens (including phenoxy) is 4. The van der Waals surface area contributed by atoms with Crippen molar-refractivity contribution in [2.45, 2.75) is 87.9 Å². The third-order valence-corrected chi connectivity index (χ3v) is 10.1. The van der Waals surface area contributed by atoms with Gasteiger partial charge in [-0.05, 0) is 45.6 Å². The van der Waals surface area contributed by atoms with E-state index in [-0.39, 0.29) is 35.8 Å². The van der Waals surface area contributed by atoms with Crippen molar-refractivity contribution in [2.75, 3.05) is 54.7 Å². The molecular formula is C26H47NO7. The van der Waals surface area contributed by atoms with Gasteiger partial charge in [0.15, 0.2) is 0 Å². The van der Waals surface area contributed by atoms with Crippen LogP contribution in [0.1, 0.15) is 52.4 Å². The molecule has 0 aromatic rings. The second-order valence-corrected chi connectivity index (χ2v) is 11.8. The zero-order valence-corrected chi connectivity index (χ0v) is 22.0. The highest BCUT2D eigenvalue weighted by atomic mass is 16.5. The molecule has 1 aliphatic heterocycles. The Morgan fingerprint density at radius 3 is 2.32 bits per heavy atom. The van der Waals surface area contributed by atoms with Gasteiger partial charge < -0.3 is 34.3 Å². The topological polar surface area (TPSA) is 101 Å². The van der Waals surface area contributed by atoms with Crippen LogP contribution >= 0.6 is 0 Å². The van der Waals surface area contributed by atoms with Crippen LogP contribution in [0.4, 0.5) is 0 Å². The summed E-state index contributed by atoms with van der Waals surface area (Å²) in [6.07, 6.45) is 2.79. The molecule has 10 unspecified atom stereocenters. The van der Waals surface area contributed by atoms with Crippen molar-refractivity contribution < 1.29 is 34.3 Å². The van der Waals surface area contributed by atoms with Crippen LogP contribution in [-0.2, 0) is 18.9 Å². The van der Waals surface area contributed by atoms with Crippen molar-refractivity contribution in [3.63, 3.8) is 0 Å². The molecule has 1 saturated heterocycles. The second-order valence-electron chi connectivity index (χ2n) is 11.8. The van der Waals surface area contributed by atoms with E-state index in [0.29, 0.717) is 13.2 Å². The number of likely N-dealkylation sites (tertiary alicyclic amines) is 1. The van der Waals surface area contributed by atoms with Gasteiger partial charge in [0, 0.05) is 64.1 Å². The molecule has 34 heavy (non-hydrogen) atoms. The molecule has 5 bridgehead atoms. The fraction of sp³-hybridized carbons (Fsp3) is 1.00. The Kier molecular flexibility index (Phi) is 7.49. The maximum absolute atomic E-state index is 12.8. The number of aliphatic hydroxyl groups excluding tert-OH is 1. The first-order valence-corrected chi connectivity index (χ1v) is 13.0. The van der Waals surface area contributed by atoms with Crippen LogP contribution in [0.3, 0.4) is 0 Å². The molecule has 0 radical (unpaired) electrons. The lowest BCUT2D eigenvalue weighted by atomic mass is 9.49. The highest BCUT2D eigenvalue weighted by Gasteiger charge is 2.82. The highest BCUT2D eigenvalue weighted by Crippen LogP contribution is 2.71. The summed E-state index contributed by atoms with van der Waals surface area (Å²) in [7, 11) is 6.82. The Bertz CT molecular complexity index is 721. The maximum atomic E-state index is 12.8. The van der Waals surface area contributed by atoms with Gasteiger partial charge in [-0.15, -0.1) is 0 Å². The Morgan fingerprint density at radius 2 is 1.74 bits per heavy atom. The van der Waals surface area contributed by atoms with Gasteiger partial charge >= 0.3 is 0 Å². The Hall–Kier alpha value is -0.320. The van der Waals surface area contributed by atoms with Gasteiger partial charge in [0.1, 0.15) is 5.60 Å². The summed E-state index contributed by atoms with van der Waals surface area (Å²) in [6, 6.07) is -0.353. The largest absolute Gasteiger partial charge is 0.393 e. The average Bonchev–Trinajstić information content (AvgIpc) is 2.98. The molecule has 4 aliphatic rings. The molecule has 10 atom stereocenters. The molecule has 4 fully saturated rings. The number of rotatable bonds is 8. The van der Waals surface area contributed by atoms with Crippen molar-refractivity contribution in [2.24, 2.45) is 22.7 Å². The van der Waals surface area contributed by atoms with Gasteiger partial charge in [-0.25, -0.2) is 0 Å². The van der Waals surface area contributed by atoms with Crippen molar-refractivity contribution in [3.8, 4) is 0 Å². The molecule has 1 heterocycles. The number of methoxy groups -OCH3 is 4. The van der Waals surface area contributed by atoms with E-state index in [9.17, 15) is 15.3 Å². The third-order valence-electron chi connectivity index (χ3n) is 10.1. The fourth-order valence-corrected chi connectivity index (χ4v) is 9.14. The number of aliphatic hydroxyl groups is 3. The molecule has 0 aromatic carbocycles. The molecule has 198 valence electrons. The maximum Gasteiger partial charge on any atom is 0.135 e. The van der Waals surface area contributed by atoms with E-state index >= 15 is 0 Å². The zero-order chi connectivity index (χ0) is 24.9. The molecular weight excluding hydrogens is 438 g/mol. The van der Waals surface area contributed by atoms with Crippen molar-refractivity contribution in [3.05, 3.63) is 0 Å². The Labute approximate surface area is 204 Å². The van der Waals surface area contributed by atoms with Gasteiger partial charge in [0.05, 0.1) is 43.2 Å². The predicted molar refractivity (Wildman–Crippen MR) is 128 cm³/mol. The Balaban J connectivity index is 2.00. The molecule has 0 amide bonds. The minimum atomic E-state index is -1.58. The van der Waals surface area contributed by atoms with Crippen LogP contribution in [0.25, 0.3) is 0 Å². The van der Waals surface area contributed by atoms with E-state index < -0.39 is 28.8 Å². The van der Waals surface area contributed by atoms with Gasteiger partial charge in [0.2, 0.25) is 0 Å². The summed E-state index contributed by atoms with van der Waals surface area (Å²) in [5.74, 6) is -0.178. The number of nitrogens with zero attached hydrogens (tertiary/aromatic N) is 1. The normalized spacial score (nSPS) is 51.1. The Morgan fingerprint density at radius 1 is 1.00 bits per heavy atom. The zero-order valence-electron chi connectivity index (χ0n) is 22.0. The molecule has 4 rings (SSSR count). The van der Waals surface area contributed by atoms with E-state index in [1.54, 1.807) is 35.4 Å². The first kappa shape index (κ1) is 26.7. The van der Waals surface area contributed by atoms with E-state index in [1.165, 1.54) is 0 Å². The molecule has 8 heteroatoms. The first-order valence-electron chi connectivity index (χ1n) is 13.0. The van der Waals surface area contributed by atoms with Crippen LogP contribution < -0.4 is 0 Å². The predicted octanol–water partition coefficient (Wildman–Crippen LogP) is 1.44. The van der Waals surface area contributed by atoms with Gasteiger partial charge in [-0.2, -0.15) is 0 Å². The van der Waals surface area contributed by atoms with Gasteiger partial charge in [-0.1, -0.05) is 6.92 Å². The lowest BCUT2D eigenvalue weighted by Crippen LogP contribution is -2.73. The van der Waals surface area contributed by atoms with E-state index in [2.05, 4.69) is 11.8 Å². The lowest BCUT2D eigenvalue weighted by Gasteiger charge is -2.64. The summed E-state index contributed by atoms with van der Waals surface area (Å²) in [5.41, 5.74) is -3.83. The van der Waals surface area contributed by atoms with Gasteiger partial charge in [0.25, 0.3) is 0 Å². The van der Waals surface area contributed by atoms with Crippen LogP contribution in [0, 0.1) is 22.7 Å². The van der Waals surface area contributed by atoms with E-state index in [1.807, 2.05) is 0 Å². The summed E-state index contributed by atoms with van der Waals surface area (Å²) < 4.78 is 23.8. The molecule has 3 saturated carbocycles. The van der Waals surface area contributed by atoms with Gasteiger partial charge in [-0.3, -0.25) is 4.90 Å². The molecule has 3 aliphatic carbocycles. The highest BCUT2D eigenvalue weighted by molar-refractivity contribution is 5.33. The molecule has 8 nitrogen and oxygen atoms in total. The SMILES string of the molecule is CCCN1CC2(COC)CCC(OC)C34CCC(COC)C(O)CC(C)(O)C(O)(C(OC)C23)C14. The number of hydrogen-bond acceptors (Lipinski definition) is 8.